The van der Waals surface area contributed by atoms with Crippen LogP contribution >= 0.6 is 0 Å². The topological polar surface area (TPSA) is 66.4 Å². The summed E-state index contributed by atoms with van der Waals surface area (Å²) in [5, 5.41) is 5.86. The molecule has 1 aromatic heterocycles. The highest BCUT2D eigenvalue weighted by Crippen LogP contribution is 2.25. The van der Waals surface area contributed by atoms with Crippen molar-refractivity contribution in [1.82, 2.24) is 15.6 Å². The highest BCUT2D eigenvalue weighted by Gasteiger charge is 2.31. The maximum atomic E-state index is 11.8. The second-order valence-electron chi connectivity index (χ2n) is 4.16. The van der Waals surface area contributed by atoms with Gasteiger partial charge in [0.1, 0.15) is 6.04 Å². The van der Waals surface area contributed by atoms with Crippen LogP contribution in [0.15, 0.2) is 35.6 Å². The van der Waals surface area contributed by atoms with Crippen molar-refractivity contribution in [2.24, 2.45) is 4.99 Å². The minimum Gasteiger partial charge on any atom is -0.327 e. The van der Waals surface area contributed by atoms with Crippen molar-refractivity contribution in [3.05, 3.63) is 36.3 Å². The molecule has 1 aromatic rings. The quantitative estimate of drug-likeness (QED) is 0.727. The highest BCUT2D eigenvalue weighted by molar-refractivity contribution is 6.12. The van der Waals surface area contributed by atoms with Crippen molar-refractivity contribution in [2.45, 2.75) is 12.5 Å². The van der Waals surface area contributed by atoms with E-state index in [1.54, 1.807) is 6.20 Å². The zero-order chi connectivity index (χ0) is 11.8. The first-order valence-corrected chi connectivity index (χ1v) is 5.47. The lowest BCUT2D eigenvalue weighted by Crippen LogP contribution is -2.55. The van der Waals surface area contributed by atoms with E-state index in [2.05, 4.69) is 27.2 Å². The third-order valence-corrected chi connectivity index (χ3v) is 2.89. The lowest BCUT2D eigenvalue weighted by atomic mass is 10.1. The van der Waals surface area contributed by atoms with E-state index in [-0.39, 0.29) is 11.9 Å². The number of rotatable bonds is 1. The molecule has 2 aliphatic rings. The van der Waals surface area contributed by atoms with Crippen molar-refractivity contribution >= 4 is 17.3 Å². The number of aliphatic imine (C=N–C) groups is 1. The number of aromatic nitrogens is 1. The first-order chi connectivity index (χ1) is 8.24. The summed E-state index contributed by atoms with van der Waals surface area (Å²) in [6.07, 6.45) is 2.38. The molecule has 5 nitrogen and oxygen atoms in total. The lowest BCUT2D eigenvalue weighted by molar-refractivity contribution is -0.121. The van der Waals surface area contributed by atoms with Gasteiger partial charge < -0.3 is 5.32 Å². The monoisotopic (exact) mass is 228 g/mol. The maximum absolute atomic E-state index is 11.8. The summed E-state index contributed by atoms with van der Waals surface area (Å²) >= 11 is 0. The summed E-state index contributed by atoms with van der Waals surface area (Å²) in [5.41, 5.74) is 3.31. The predicted molar refractivity (Wildman–Crippen MR) is 64.1 cm³/mol. The fraction of sp³-hybridized carbons (Fsp3) is 0.250. The molecule has 1 fully saturated rings. The standard InChI is InChI=1S/C12H12N4O/c1-7-6-14-11(12(17)15-7)10-5-9-8(16-10)3-2-4-13-9/h2-4,11,14H,1,5-6H2,(H,15,17). The number of nitrogens with one attached hydrogen (secondary N) is 2. The molecule has 1 saturated heterocycles. The van der Waals surface area contributed by atoms with Gasteiger partial charge in [0.15, 0.2) is 0 Å². The smallest absolute Gasteiger partial charge is 0.247 e. The van der Waals surface area contributed by atoms with Gasteiger partial charge in [-0.2, -0.15) is 0 Å². The third-order valence-electron chi connectivity index (χ3n) is 2.89. The molecule has 5 heteroatoms. The Bertz CT molecular complexity index is 535. The molecule has 0 aromatic carbocycles. The number of pyridine rings is 1. The van der Waals surface area contributed by atoms with E-state index >= 15 is 0 Å². The first-order valence-electron chi connectivity index (χ1n) is 5.47. The van der Waals surface area contributed by atoms with E-state index in [1.807, 2.05) is 12.1 Å². The van der Waals surface area contributed by atoms with Crippen LogP contribution in [0.25, 0.3) is 0 Å². The van der Waals surface area contributed by atoms with Gasteiger partial charge in [0, 0.05) is 24.9 Å². The lowest BCUT2D eigenvalue weighted by Gasteiger charge is -2.24. The van der Waals surface area contributed by atoms with Gasteiger partial charge in [-0.25, -0.2) is 0 Å². The van der Waals surface area contributed by atoms with Crippen molar-refractivity contribution in [3.8, 4) is 0 Å². The number of carbonyl (C=O) groups excluding carboxylic acids is 1. The van der Waals surface area contributed by atoms with Crippen LogP contribution in [-0.4, -0.2) is 29.2 Å². The van der Waals surface area contributed by atoms with E-state index in [4.69, 9.17) is 0 Å². The van der Waals surface area contributed by atoms with Crippen LogP contribution in [0.3, 0.4) is 0 Å². The zero-order valence-corrected chi connectivity index (χ0v) is 9.23. The number of carbonyl (C=O) groups is 1. The number of piperazine rings is 1. The van der Waals surface area contributed by atoms with Gasteiger partial charge in [0.05, 0.1) is 17.1 Å². The van der Waals surface area contributed by atoms with Gasteiger partial charge in [0.2, 0.25) is 5.91 Å². The number of nitrogens with zero attached hydrogens (tertiary/aromatic N) is 2. The molecule has 1 amide bonds. The highest BCUT2D eigenvalue weighted by atomic mass is 16.2. The van der Waals surface area contributed by atoms with Gasteiger partial charge in [-0.15, -0.1) is 0 Å². The Kier molecular flexibility index (Phi) is 2.26. The summed E-state index contributed by atoms with van der Waals surface area (Å²) in [7, 11) is 0. The number of hydrogen-bond donors (Lipinski definition) is 2. The van der Waals surface area contributed by atoms with Crippen LogP contribution in [0.5, 0.6) is 0 Å². The summed E-state index contributed by atoms with van der Waals surface area (Å²) in [6, 6.07) is 3.39. The van der Waals surface area contributed by atoms with E-state index in [0.29, 0.717) is 18.7 Å². The van der Waals surface area contributed by atoms with Crippen molar-refractivity contribution < 1.29 is 4.79 Å². The van der Waals surface area contributed by atoms with E-state index in [1.165, 1.54) is 0 Å². The molecular formula is C12H12N4O. The molecule has 1 unspecified atom stereocenters. The first kappa shape index (κ1) is 10.2. The predicted octanol–water partition coefficient (Wildman–Crippen LogP) is 0.312. The molecule has 2 aliphatic heterocycles. The average Bonchev–Trinajstić information content (AvgIpc) is 2.72. The molecule has 0 spiro atoms. The number of fused-ring (bicyclic) bond motifs is 1. The SMILES string of the molecule is C=C1CNC(C2=Nc3cccnc3C2)C(=O)N1. The molecule has 86 valence electrons. The Morgan fingerprint density at radius 2 is 2.35 bits per heavy atom. The summed E-state index contributed by atoms with van der Waals surface area (Å²) in [5.74, 6) is -0.0900. The Morgan fingerprint density at radius 1 is 1.47 bits per heavy atom. The minimum absolute atomic E-state index is 0.0900. The molecule has 0 aliphatic carbocycles. The van der Waals surface area contributed by atoms with Crippen LogP contribution in [0, 0.1) is 0 Å². The zero-order valence-electron chi connectivity index (χ0n) is 9.23. The van der Waals surface area contributed by atoms with E-state index < -0.39 is 0 Å². The molecule has 3 rings (SSSR count). The Labute approximate surface area is 98.7 Å². The molecular weight excluding hydrogens is 216 g/mol. The molecule has 1 atom stereocenters. The largest absolute Gasteiger partial charge is 0.327 e. The molecule has 0 bridgehead atoms. The van der Waals surface area contributed by atoms with Crippen LogP contribution < -0.4 is 10.6 Å². The minimum atomic E-state index is -0.366. The number of amides is 1. The van der Waals surface area contributed by atoms with Crippen molar-refractivity contribution in [3.63, 3.8) is 0 Å². The Hall–Kier alpha value is -2.01. The number of hydrogen-bond acceptors (Lipinski definition) is 4. The Morgan fingerprint density at radius 3 is 3.12 bits per heavy atom. The second-order valence-corrected chi connectivity index (χ2v) is 4.16. The van der Waals surface area contributed by atoms with Gasteiger partial charge in [-0.3, -0.25) is 20.1 Å². The Balaban J connectivity index is 1.84. The third kappa shape index (κ3) is 1.74. The fourth-order valence-corrected chi connectivity index (χ4v) is 2.08. The molecule has 2 N–H and O–H groups in total. The van der Waals surface area contributed by atoms with Crippen molar-refractivity contribution in [1.29, 1.82) is 0 Å². The molecule has 17 heavy (non-hydrogen) atoms. The van der Waals surface area contributed by atoms with Crippen LogP contribution in [0.1, 0.15) is 5.69 Å². The summed E-state index contributed by atoms with van der Waals surface area (Å²) in [4.78, 5) is 20.5. The van der Waals surface area contributed by atoms with E-state index in [9.17, 15) is 4.79 Å². The van der Waals surface area contributed by atoms with E-state index in [0.717, 1.165) is 17.1 Å². The molecule has 0 saturated carbocycles. The van der Waals surface area contributed by atoms with Crippen LogP contribution in [0.2, 0.25) is 0 Å². The van der Waals surface area contributed by atoms with Crippen LogP contribution in [0.4, 0.5) is 5.69 Å². The van der Waals surface area contributed by atoms with Crippen molar-refractivity contribution in [2.75, 3.05) is 6.54 Å². The van der Waals surface area contributed by atoms with Gasteiger partial charge in [-0.05, 0) is 12.1 Å². The summed E-state index contributed by atoms with van der Waals surface area (Å²) < 4.78 is 0. The second kappa shape index (κ2) is 3.78. The van der Waals surface area contributed by atoms with Gasteiger partial charge in [0.25, 0.3) is 0 Å². The van der Waals surface area contributed by atoms with Gasteiger partial charge in [-0.1, -0.05) is 6.58 Å². The summed E-state index contributed by atoms with van der Waals surface area (Å²) in [6.45, 7) is 4.30. The average molecular weight is 228 g/mol. The molecule has 0 radical (unpaired) electrons. The van der Waals surface area contributed by atoms with Gasteiger partial charge >= 0.3 is 0 Å². The normalized spacial score (nSPS) is 23.1. The molecule has 3 heterocycles. The maximum Gasteiger partial charge on any atom is 0.247 e. The van der Waals surface area contributed by atoms with Crippen LogP contribution in [-0.2, 0) is 11.2 Å². The fourth-order valence-electron chi connectivity index (χ4n) is 2.08.